The molecule has 4 atom stereocenters. The van der Waals surface area contributed by atoms with Crippen LogP contribution in [-0.4, -0.2) is 50.8 Å². The molecule has 0 aromatic rings. The molecule has 2 heterocycles. The van der Waals surface area contributed by atoms with E-state index in [1.165, 1.54) is 0 Å². The molecule has 0 spiro atoms. The average molecular weight is 230 g/mol. The molecule has 0 saturated carbocycles. The SMILES string of the molecule is CCC(CC(C)OCC1CO1)OCC1CO1. The van der Waals surface area contributed by atoms with Crippen molar-refractivity contribution in [3.63, 3.8) is 0 Å². The third-order valence-electron chi connectivity index (χ3n) is 2.94. The molecule has 4 unspecified atom stereocenters. The van der Waals surface area contributed by atoms with E-state index in [2.05, 4.69) is 13.8 Å². The first-order valence-electron chi connectivity index (χ1n) is 6.24. The maximum atomic E-state index is 5.77. The topological polar surface area (TPSA) is 43.5 Å². The van der Waals surface area contributed by atoms with E-state index < -0.39 is 0 Å². The fourth-order valence-corrected chi connectivity index (χ4v) is 1.63. The fourth-order valence-electron chi connectivity index (χ4n) is 1.63. The van der Waals surface area contributed by atoms with Crippen molar-refractivity contribution >= 4 is 0 Å². The van der Waals surface area contributed by atoms with E-state index in [0.29, 0.717) is 18.3 Å². The van der Waals surface area contributed by atoms with Gasteiger partial charge in [0.25, 0.3) is 0 Å². The van der Waals surface area contributed by atoms with Crippen LogP contribution in [0.3, 0.4) is 0 Å². The van der Waals surface area contributed by atoms with Crippen LogP contribution in [0.2, 0.25) is 0 Å². The van der Waals surface area contributed by atoms with Crippen molar-refractivity contribution < 1.29 is 18.9 Å². The quantitative estimate of drug-likeness (QED) is 0.561. The van der Waals surface area contributed by atoms with Crippen molar-refractivity contribution in [2.75, 3.05) is 26.4 Å². The average Bonchev–Trinajstić information content (AvgIpc) is 3.16. The van der Waals surface area contributed by atoms with Gasteiger partial charge in [-0.05, 0) is 19.8 Å². The maximum Gasteiger partial charge on any atom is 0.104 e. The van der Waals surface area contributed by atoms with Crippen molar-refractivity contribution in [3.8, 4) is 0 Å². The lowest BCUT2D eigenvalue weighted by atomic mass is 10.1. The molecule has 2 saturated heterocycles. The molecule has 2 aliphatic heterocycles. The third-order valence-corrected chi connectivity index (χ3v) is 2.94. The normalized spacial score (nSPS) is 31.1. The van der Waals surface area contributed by atoms with Crippen molar-refractivity contribution in [1.82, 2.24) is 0 Å². The number of hydrogen-bond donors (Lipinski definition) is 0. The molecular formula is C12H22O4. The van der Waals surface area contributed by atoms with Crippen LogP contribution in [-0.2, 0) is 18.9 Å². The summed E-state index contributed by atoms with van der Waals surface area (Å²) in [7, 11) is 0. The van der Waals surface area contributed by atoms with E-state index in [1.807, 2.05) is 0 Å². The first-order chi connectivity index (χ1) is 7.78. The standard InChI is InChI=1S/C12H22O4/c1-3-10(14-6-12-8-16-12)4-9(2)13-5-11-7-15-11/h9-12H,3-8H2,1-2H3. The highest BCUT2D eigenvalue weighted by atomic mass is 16.6. The zero-order valence-corrected chi connectivity index (χ0v) is 10.2. The molecule has 2 rings (SSSR count). The molecule has 0 amide bonds. The smallest absolute Gasteiger partial charge is 0.104 e. The molecule has 0 aromatic carbocycles. The highest BCUT2D eigenvalue weighted by molar-refractivity contribution is 4.71. The molecule has 4 nitrogen and oxygen atoms in total. The van der Waals surface area contributed by atoms with Gasteiger partial charge >= 0.3 is 0 Å². The van der Waals surface area contributed by atoms with Gasteiger partial charge in [0, 0.05) is 0 Å². The molecule has 0 radical (unpaired) electrons. The predicted octanol–water partition coefficient (Wildman–Crippen LogP) is 1.37. The summed E-state index contributed by atoms with van der Waals surface area (Å²) in [6.45, 7) is 7.43. The Bertz CT molecular complexity index is 201. The minimum atomic E-state index is 0.245. The lowest BCUT2D eigenvalue weighted by Gasteiger charge is -2.20. The minimum Gasteiger partial charge on any atom is -0.376 e. The summed E-state index contributed by atoms with van der Waals surface area (Å²) in [6.07, 6.45) is 3.22. The van der Waals surface area contributed by atoms with E-state index in [9.17, 15) is 0 Å². The monoisotopic (exact) mass is 230 g/mol. The molecule has 2 aliphatic rings. The summed E-state index contributed by atoms with van der Waals surface area (Å²) in [4.78, 5) is 0. The summed E-state index contributed by atoms with van der Waals surface area (Å²) in [6, 6.07) is 0. The second kappa shape index (κ2) is 5.96. The van der Waals surface area contributed by atoms with Gasteiger partial charge < -0.3 is 18.9 Å². The van der Waals surface area contributed by atoms with E-state index in [-0.39, 0.29) is 6.10 Å². The number of rotatable bonds is 9. The number of hydrogen-bond acceptors (Lipinski definition) is 4. The molecule has 0 bridgehead atoms. The first-order valence-corrected chi connectivity index (χ1v) is 6.24. The van der Waals surface area contributed by atoms with Crippen molar-refractivity contribution in [3.05, 3.63) is 0 Å². The molecule has 0 aliphatic carbocycles. The van der Waals surface area contributed by atoms with E-state index in [4.69, 9.17) is 18.9 Å². The Balaban J connectivity index is 1.55. The Morgan fingerprint density at radius 2 is 1.69 bits per heavy atom. The van der Waals surface area contributed by atoms with Gasteiger partial charge in [-0.3, -0.25) is 0 Å². The van der Waals surface area contributed by atoms with Crippen LogP contribution in [0.25, 0.3) is 0 Å². The van der Waals surface area contributed by atoms with Crippen LogP contribution in [0.15, 0.2) is 0 Å². The van der Waals surface area contributed by atoms with Crippen LogP contribution in [0.4, 0.5) is 0 Å². The van der Waals surface area contributed by atoms with Gasteiger partial charge in [-0.2, -0.15) is 0 Å². The van der Waals surface area contributed by atoms with Crippen molar-refractivity contribution in [1.29, 1.82) is 0 Å². The van der Waals surface area contributed by atoms with Crippen LogP contribution in [0.1, 0.15) is 26.7 Å². The van der Waals surface area contributed by atoms with Crippen molar-refractivity contribution in [2.24, 2.45) is 0 Å². The Kier molecular flexibility index (Phi) is 4.58. The first kappa shape index (κ1) is 12.3. The van der Waals surface area contributed by atoms with Gasteiger partial charge in [-0.1, -0.05) is 6.92 Å². The van der Waals surface area contributed by atoms with E-state index in [1.54, 1.807) is 0 Å². The number of ether oxygens (including phenoxy) is 4. The van der Waals surface area contributed by atoms with Gasteiger partial charge in [-0.25, -0.2) is 0 Å². The molecule has 0 aromatic heterocycles. The van der Waals surface area contributed by atoms with Gasteiger partial charge in [0.2, 0.25) is 0 Å². The van der Waals surface area contributed by atoms with E-state index >= 15 is 0 Å². The van der Waals surface area contributed by atoms with Gasteiger partial charge in [0.15, 0.2) is 0 Å². The van der Waals surface area contributed by atoms with Gasteiger partial charge in [0.05, 0.1) is 38.6 Å². The van der Waals surface area contributed by atoms with Crippen LogP contribution >= 0.6 is 0 Å². The van der Waals surface area contributed by atoms with Crippen molar-refractivity contribution in [2.45, 2.75) is 51.1 Å². The molecule has 94 valence electrons. The summed E-state index contributed by atoms with van der Waals surface area (Å²) < 4.78 is 21.7. The minimum absolute atomic E-state index is 0.245. The highest BCUT2D eigenvalue weighted by Crippen LogP contribution is 2.16. The fraction of sp³-hybridized carbons (Fsp3) is 1.00. The molecular weight excluding hydrogens is 208 g/mol. The second-order valence-corrected chi connectivity index (χ2v) is 4.65. The lowest BCUT2D eigenvalue weighted by molar-refractivity contribution is -0.0190. The number of epoxide rings is 2. The molecule has 0 N–H and O–H groups in total. The second-order valence-electron chi connectivity index (χ2n) is 4.65. The van der Waals surface area contributed by atoms with Crippen LogP contribution < -0.4 is 0 Å². The lowest BCUT2D eigenvalue weighted by Crippen LogP contribution is -2.23. The highest BCUT2D eigenvalue weighted by Gasteiger charge is 2.26. The molecule has 4 heteroatoms. The zero-order valence-electron chi connectivity index (χ0n) is 10.2. The van der Waals surface area contributed by atoms with Crippen LogP contribution in [0, 0.1) is 0 Å². The Morgan fingerprint density at radius 1 is 1.12 bits per heavy atom. The Hall–Kier alpha value is -0.160. The zero-order chi connectivity index (χ0) is 11.4. The molecule has 2 fully saturated rings. The van der Waals surface area contributed by atoms with E-state index in [0.717, 1.165) is 39.3 Å². The summed E-state index contributed by atoms with van der Waals surface area (Å²) in [5.41, 5.74) is 0. The van der Waals surface area contributed by atoms with Gasteiger partial charge in [-0.15, -0.1) is 0 Å². The molecule has 16 heavy (non-hydrogen) atoms. The maximum absolute atomic E-state index is 5.77. The largest absolute Gasteiger partial charge is 0.376 e. The third kappa shape index (κ3) is 4.78. The Labute approximate surface area is 97.2 Å². The summed E-state index contributed by atoms with van der Waals surface area (Å²) >= 11 is 0. The summed E-state index contributed by atoms with van der Waals surface area (Å²) in [5.74, 6) is 0. The summed E-state index contributed by atoms with van der Waals surface area (Å²) in [5, 5.41) is 0. The van der Waals surface area contributed by atoms with Gasteiger partial charge in [0.1, 0.15) is 12.2 Å². The predicted molar refractivity (Wildman–Crippen MR) is 59.5 cm³/mol. The van der Waals surface area contributed by atoms with Crippen LogP contribution in [0.5, 0.6) is 0 Å². The Morgan fingerprint density at radius 3 is 2.19 bits per heavy atom.